The van der Waals surface area contributed by atoms with E-state index in [0.717, 1.165) is 29.2 Å². The normalized spacial score (nSPS) is 10.7. The van der Waals surface area contributed by atoms with Crippen molar-refractivity contribution in [3.8, 4) is 22.8 Å². The zero-order valence-corrected chi connectivity index (χ0v) is 18.0. The molecule has 0 bridgehead atoms. The molecule has 2 aromatic heterocycles. The number of hydrogen-bond donors (Lipinski definition) is 1. The summed E-state index contributed by atoms with van der Waals surface area (Å²) in [6.07, 6.45) is 6.46. The van der Waals surface area contributed by atoms with Gasteiger partial charge in [0.15, 0.2) is 11.0 Å². The maximum atomic E-state index is 12.2. The summed E-state index contributed by atoms with van der Waals surface area (Å²) >= 11 is 3.14. The number of nitrogens with zero attached hydrogens (tertiary/aromatic N) is 4. The summed E-state index contributed by atoms with van der Waals surface area (Å²) < 4.78 is 7.20. The Bertz CT molecular complexity index is 916. The van der Waals surface area contributed by atoms with Crippen LogP contribution in [-0.4, -0.2) is 57.1 Å². The molecule has 0 spiro atoms. The quantitative estimate of drug-likeness (QED) is 0.391. The van der Waals surface area contributed by atoms with Gasteiger partial charge in [-0.1, -0.05) is 11.8 Å². The molecule has 9 heteroatoms. The molecule has 0 saturated carbocycles. The molecule has 0 fully saturated rings. The minimum Gasteiger partial charge on any atom is -0.497 e. The van der Waals surface area contributed by atoms with Crippen LogP contribution in [0, 0.1) is 0 Å². The Morgan fingerprint density at radius 1 is 1.14 bits per heavy atom. The first-order valence-corrected chi connectivity index (χ1v) is 11.5. The lowest BCUT2D eigenvalue weighted by Crippen LogP contribution is -2.26. The average Bonchev–Trinajstić information content (AvgIpc) is 3.20. The van der Waals surface area contributed by atoms with Crippen molar-refractivity contribution in [1.29, 1.82) is 0 Å². The van der Waals surface area contributed by atoms with Gasteiger partial charge >= 0.3 is 0 Å². The zero-order valence-electron chi connectivity index (χ0n) is 16.4. The van der Waals surface area contributed by atoms with Crippen molar-refractivity contribution in [3.05, 3.63) is 48.8 Å². The van der Waals surface area contributed by atoms with E-state index in [2.05, 4.69) is 26.8 Å². The number of benzene rings is 1. The molecule has 29 heavy (non-hydrogen) atoms. The topological polar surface area (TPSA) is 81.9 Å². The van der Waals surface area contributed by atoms with E-state index in [0.29, 0.717) is 17.5 Å². The van der Waals surface area contributed by atoms with E-state index in [-0.39, 0.29) is 11.7 Å². The summed E-state index contributed by atoms with van der Waals surface area (Å²) in [5.74, 6) is 2.77. The Kier molecular flexibility index (Phi) is 7.94. The number of aromatic nitrogens is 4. The highest BCUT2D eigenvalue weighted by molar-refractivity contribution is 7.99. The lowest BCUT2D eigenvalue weighted by molar-refractivity contribution is -0.118. The fourth-order valence-electron chi connectivity index (χ4n) is 2.64. The fraction of sp³-hybridized carbons (Fsp3) is 0.300. The number of methoxy groups -OCH3 is 1. The Hall–Kier alpha value is -2.52. The Labute approximate surface area is 178 Å². The molecular weight excluding hydrogens is 406 g/mol. The maximum Gasteiger partial charge on any atom is 0.230 e. The molecule has 0 aliphatic rings. The van der Waals surface area contributed by atoms with E-state index in [4.69, 9.17) is 4.74 Å². The van der Waals surface area contributed by atoms with E-state index >= 15 is 0 Å². The number of nitrogens with one attached hydrogen (secondary N) is 1. The molecule has 0 aliphatic carbocycles. The summed E-state index contributed by atoms with van der Waals surface area (Å²) in [4.78, 5) is 16.2. The van der Waals surface area contributed by atoms with Crippen LogP contribution in [0.1, 0.15) is 6.42 Å². The van der Waals surface area contributed by atoms with Gasteiger partial charge in [-0.25, -0.2) is 0 Å². The summed E-state index contributed by atoms with van der Waals surface area (Å²) in [5, 5.41) is 12.3. The number of carbonyl (C=O) groups excluding carboxylic acids is 1. The van der Waals surface area contributed by atoms with E-state index < -0.39 is 0 Å². The van der Waals surface area contributed by atoms with Crippen molar-refractivity contribution in [2.24, 2.45) is 0 Å². The Balaban J connectivity index is 1.81. The zero-order chi connectivity index (χ0) is 20.5. The van der Waals surface area contributed by atoms with E-state index in [9.17, 15) is 4.79 Å². The molecule has 1 N–H and O–H groups in total. The predicted octanol–water partition coefficient (Wildman–Crippen LogP) is 3.30. The number of ether oxygens (including phenoxy) is 1. The first-order valence-electron chi connectivity index (χ1n) is 9.11. The monoisotopic (exact) mass is 429 g/mol. The van der Waals surface area contributed by atoms with Crippen LogP contribution < -0.4 is 10.1 Å². The van der Waals surface area contributed by atoms with E-state index in [1.807, 2.05) is 41.0 Å². The highest BCUT2D eigenvalue weighted by Crippen LogP contribution is 2.28. The van der Waals surface area contributed by atoms with Gasteiger partial charge in [-0.15, -0.1) is 10.2 Å². The van der Waals surface area contributed by atoms with Gasteiger partial charge in [-0.05, 0) is 54.8 Å². The lowest BCUT2D eigenvalue weighted by Gasteiger charge is -2.11. The highest BCUT2D eigenvalue weighted by Gasteiger charge is 2.17. The average molecular weight is 430 g/mol. The number of thioether (sulfide) groups is 2. The van der Waals surface area contributed by atoms with Crippen molar-refractivity contribution in [1.82, 2.24) is 25.1 Å². The van der Waals surface area contributed by atoms with Gasteiger partial charge in [0.25, 0.3) is 0 Å². The fourth-order valence-corrected chi connectivity index (χ4v) is 3.86. The third kappa shape index (κ3) is 5.74. The lowest BCUT2D eigenvalue weighted by atomic mass is 10.2. The maximum absolute atomic E-state index is 12.2. The molecule has 7 nitrogen and oxygen atoms in total. The molecule has 1 aromatic carbocycles. The molecule has 1 amide bonds. The highest BCUT2D eigenvalue weighted by atomic mass is 32.2. The molecule has 0 radical (unpaired) electrons. The standard InChI is InChI=1S/C20H23N5O2S2/c1-27-17-6-4-16(5-7-17)25-19(15-8-11-21-12-9-15)23-24-20(25)29-14-18(26)22-10-3-13-28-2/h4-9,11-12H,3,10,13-14H2,1-2H3,(H,22,26). The molecule has 2 heterocycles. The predicted molar refractivity (Wildman–Crippen MR) is 118 cm³/mol. The van der Waals surface area contributed by atoms with Gasteiger partial charge in [-0.3, -0.25) is 14.3 Å². The largest absolute Gasteiger partial charge is 0.497 e. The molecule has 0 unspecified atom stereocenters. The molecule has 3 aromatic rings. The number of hydrogen-bond acceptors (Lipinski definition) is 7. The van der Waals surface area contributed by atoms with Crippen molar-refractivity contribution >= 4 is 29.4 Å². The van der Waals surface area contributed by atoms with E-state index in [1.54, 1.807) is 31.3 Å². The first kappa shape index (κ1) is 21.2. The Morgan fingerprint density at radius 3 is 2.59 bits per heavy atom. The second-order valence-electron chi connectivity index (χ2n) is 6.06. The van der Waals surface area contributed by atoms with Crippen LogP contribution in [0.5, 0.6) is 5.75 Å². The van der Waals surface area contributed by atoms with Crippen LogP contribution in [0.3, 0.4) is 0 Å². The molecule has 0 saturated heterocycles. The third-order valence-electron chi connectivity index (χ3n) is 4.08. The number of pyridine rings is 1. The second-order valence-corrected chi connectivity index (χ2v) is 7.99. The van der Waals surface area contributed by atoms with Crippen molar-refractivity contribution in [3.63, 3.8) is 0 Å². The molecule has 0 atom stereocenters. The third-order valence-corrected chi connectivity index (χ3v) is 5.71. The van der Waals surface area contributed by atoms with Crippen LogP contribution in [0.15, 0.2) is 53.9 Å². The van der Waals surface area contributed by atoms with Crippen LogP contribution in [0.4, 0.5) is 0 Å². The van der Waals surface area contributed by atoms with Crippen molar-refractivity contribution < 1.29 is 9.53 Å². The number of carbonyl (C=O) groups is 1. The van der Waals surface area contributed by atoms with E-state index in [1.165, 1.54) is 11.8 Å². The van der Waals surface area contributed by atoms with Gasteiger partial charge < -0.3 is 10.1 Å². The van der Waals surface area contributed by atoms with Crippen molar-refractivity contribution in [2.45, 2.75) is 11.6 Å². The van der Waals surface area contributed by atoms with Crippen molar-refractivity contribution in [2.75, 3.05) is 31.4 Å². The summed E-state index contributed by atoms with van der Waals surface area (Å²) in [6.45, 7) is 0.688. The summed E-state index contributed by atoms with van der Waals surface area (Å²) in [7, 11) is 1.63. The summed E-state index contributed by atoms with van der Waals surface area (Å²) in [5.41, 5.74) is 1.79. The second kappa shape index (κ2) is 10.9. The van der Waals surface area contributed by atoms with Crippen LogP contribution in [-0.2, 0) is 4.79 Å². The van der Waals surface area contributed by atoms with Gasteiger partial charge in [0.2, 0.25) is 5.91 Å². The molecule has 152 valence electrons. The minimum atomic E-state index is -0.00848. The SMILES string of the molecule is COc1ccc(-n2c(SCC(=O)NCCCSC)nnc2-c2ccncc2)cc1. The van der Waals surface area contributed by atoms with Crippen LogP contribution >= 0.6 is 23.5 Å². The van der Waals surface area contributed by atoms with Gasteiger partial charge in [0.05, 0.1) is 12.9 Å². The number of amides is 1. The van der Waals surface area contributed by atoms with Gasteiger partial charge in [0, 0.05) is 30.2 Å². The molecule has 0 aliphatic heterocycles. The molecular formula is C20H23N5O2S2. The first-order chi connectivity index (χ1) is 14.2. The smallest absolute Gasteiger partial charge is 0.230 e. The van der Waals surface area contributed by atoms with Gasteiger partial charge in [0.1, 0.15) is 5.75 Å². The van der Waals surface area contributed by atoms with Crippen LogP contribution in [0.25, 0.3) is 17.1 Å². The van der Waals surface area contributed by atoms with Gasteiger partial charge in [-0.2, -0.15) is 11.8 Å². The Morgan fingerprint density at radius 2 is 1.90 bits per heavy atom. The summed E-state index contributed by atoms with van der Waals surface area (Å²) in [6, 6.07) is 11.4. The number of rotatable bonds is 10. The molecule has 3 rings (SSSR count). The minimum absolute atomic E-state index is 0.00848. The van der Waals surface area contributed by atoms with Crippen LogP contribution in [0.2, 0.25) is 0 Å².